The molecule has 238 valence electrons. The summed E-state index contributed by atoms with van der Waals surface area (Å²) in [5, 5.41) is 80.8. The highest BCUT2D eigenvalue weighted by Crippen LogP contribution is 2.03. The average Bonchev–Trinajstić information content (AvgIpc) is 2.86. The number of carbonyl (C=O) groups is 7. The van der Waals surface area contributed by atoms with E-state index >= 15 is 0 Å². The van der Waals surface area contributed by atoms with Crippen LogP contribution in [-0.4, -0.2) is 105 Å². The van der Waals surface area contributed by atoms with Gasteiger partial charge in [0.2, 0.25) is 0 Å². The lowest BCUT2D eigenvalue weighted by Gasteiger charge is -1.94. The quantitative estimate of drug-likeness (QED) is 0.0900. The van der Waals surface area contributed by atoms with Gasteiger partial charge in [0, 0.05) is 25.0 Å². The van der Waals surface area contributed by atoms with Gasteiger partial charge < -0.3 is 51.1 Å². The van der Waals surface area contributed by atoms with Gasteiger partial charge in [-0.05, 0) is 50.5 Å². The van der Waals surface area contributed by atoms with Crippen molar-refractivity contribution >= 4 is 41.8 Å². The number of aromatic carboxylic acids is 2. The second-order valence-corrected chi connectivity index (χ2v) is 7.48. The number of aliphatic hydroxyl groups is 3. The first kappa shape index (κ1) is 44.2. The molecule has 1 aromatic rings. The molecule has 0 heterocycles. The molecule has 0 aliphatic rings. The highest BCUT2D eigenvalue weighted by Gasteiger charge is 2.05. The number of rotatable bonds is 12. The summed E-state index contributed by atoms with van der Waals surface area (Å²) in [6, 6.07) is 5.02. The number of benzene rings is 1. The second kappa shape index (κ2) is 27.7. The Labute approximate surface area is 239 Å². The third-order valence-corrected chi connectivity index (χ3v) is 3.68. The number of hydrogen-bond donors (Lipinski definition) is 10. The maximum absolute atomic E-state index is 10.3. The van der Waals surface area contributed by atoms with Crippen LogP contribution in [0, 0.1) is 0 Å². The zero-order valence-corrected chi connectivity index (χ0v) is 22.7. The number of aliphatic hydroxyl groups excluding tert-OH is 2. The fourth-order valence-corrected chi connectivity index (χ4v) is 1.71. The van der Waals surface area contributed by atoms with Gasteiger partial charge in [-0.2, -0.15) is 0 Å². The molecule has 17 nitrogen and oxygen atoms in total. The fraction of sp³-hybridized carbons (Fsp3) is 0.400. The summed E-state index contributed by atoms with van der Waals surface area (Å²) in [7, 11) is 0. The summed E-state index contributed by atoms with van der Waals surface area (Å²) in [6.45, 7) is 3.10. The van der Waals surface area contributed by atoms with E-state index in [2.05, 4.69) is 0 Å². The summed E-state index contributed by atoms with van der Waals surface area (Å²) in [6.07, 6.45) is 1.12. The summed E-state index contributed by atoms with van der Waals surface area (Å²) in [5.41, 5.74) is 0.167. The molecule has 1 atom stereocenters. The maximum Gasteiger partial charge on any atom is 0.335 e. The van der Waals surface area contributed by atoms with E-state index in [-0.39, 0.29) is 24.0 Å². The molecular formula is C25H36O17. The molecule has 0 amide bonds. The van der Waals surface area contributed by atoms with E-state index in [1.54, 1.807) is 0 Å². The molecular weight excluding hydrogens is 572 g/mol. The van der Waals surface area contributed by atoms with Crippen LogP contribution >= 0.6 is 0 Å². The Morgan fingerprint density at radius 3 is 1.05 bits per heavy atom. The van der Waals surface area contributed by atoms with Crippen LogP contribution in [0.25, 0.3) is 0 Å². The first-order chi connectivity index (χ1) is 19.3. The number of aliphatic carboxylic acids is 5. The zero-order chi connectivity index (χ0) is 33.8. The van der Waals surface area contributed by atoms with Crippen molar-refractivity contribution in [3.05, 3.63) is 47.5 Å². The summed E-state index contributed by atoms with van der Waals surface area (Å²) < 4.78 is 0. The van der Waals surface area contributed by atoms with Crippen molar-refractivity contribution in [3.63, 3.8) is 0 Å². The molecule has 0 aromatic heterocycles. The molecule has 0 fully saturated rings. The van der Waals surface area contributed by atoms with Gasteiger partial charge in [-0.25, -0.2) is 24.0 Å². The van der Waals surface area contributed by atoms with Gasteiger partial charge >= 0.3 is 41.8 Å². The standard InChI is InChI=1S/C8H6O4.C6H10O4.C4H4O4.C4H10O2.C3H6O3/c9-7(10)5-1-2-6(4-3-5)8(11)12;7-5(8)3-1-2-4-6(9)10;5-3(6)1-2-4(7)8;1-2-3-4(5)6;1-2(4)3(5)6/h1-4H,(H,9,10)(H,11,12);1-4H2,(H,7,8)(H,9,10);1-2H,(H,5,6)(H,7,8);4-6H,2-3H2,1H3;2,4H,1H3,(H,5,6)/b;;2-1-;;. The first-order valence-electron chi connectivity index (χ1n) is 11.7. The van der Waals surface area contributed by atoms with Gasteiger partial charge in [0.25, 0.3) is 0 Å². The van der Waals surface area contributed by atoms with Crippen molar-refractivity contribution < 1.29 is 84.6 Å². The largest absolute Gasteiger partial charge is 0.481 e. The zero-order valence-electron chi connectivity index (χ0n) is 22.7. The van der Waals surface area contributed by atoms with Gasteiger partial charge in [-0.1, -0.05) is 13.3 Å². The Balaban J connectivity index is -0.000000221. The Bertz CT molecular complexity index is 930. The molecule has 0 aliphatic carbocycles. The minimum absolute atomic E-state index is 0.0628. The molecule has 1 rings (SSSR count). The molecule has 0 aliphatic heterocycles. The lowest BCUT2D eigenvalue weighted by Crippen LogP contribution is -2.13. The minimum Gasteiger partial charge on any atom is -0.481 e. The van der Waals surface area contributed by atoms with E-state index in [0.717, 1.165) is 6.42 Å². The van der Waals surface area contributed by atoms with Crippen molar-refractivity contribution in [1.29, 1.82) is 0 Å². The van der Waals surface area contributed by atoms with Gasteiger partial charge in [0.15, 0.2) is 6.29 Å². The molecule has 1 unspecified atom stereocenters. The van der Waals surface area contributed by atoms with Crippen molar-refractivity contribution in [3.8, 4) is 0 Å². The van der Waals surface area contributed by atoms with Crippen molar-refractivity contribution in [2.75, 3.05) is 0 Å². The number of carboxylic acids is 7. The second-order valence-electron chi connectivity index (χ2n) is 7.48. The highest BCUT2D eigenvalue weighted by atomic mass is 16.5. The summed E-state index contributed by atoms with van der Waals surface area (Å²) >= 11 is 0. The monoisotopic (exact) mass is 608 g/mol. The van der Waals surface area contributed by atoms with Crippen LogP contribution in [-0.2, 0) is 24.0 Å². The van der Waals surface area contributed by atoms with Crippen molar-refractivity contribution in [1.82, 2.24) is 0 Å². The number of unbranched alkanes of at least 4 members (excludes halogenated alkanes) is 1. The maximum atomic E-state index is 10.3. The van der Waals surface area contributed by atoms with Crippen LogP contribution < -0.4 is 0 Å². The van der Waals surface area contributed by atoms with Gasteiger partial charge in [-0.3, -0.25) is 9.59 Å². The molecule has 0 spiro atoms. The van der Waals surface area contributed by atoms with E-state index in [1.807, 2.05) is 6.92 Å². The third-order valence-electron chi connectivity index (χ3n) is 3.68. The molecule has 0 radical (unpaired) electrons. The van der Waals surface area contributed by atoms with Crippen LogP contribution in [0.2, 0.25) is 0 Å². The van der Waals surface area contributed by atoms with E-state index < -0.39 is 54.2 Å². The van der Waals surface area contributed by atoms with E-state index in [1.165, 1.54) is 31.2 Å². The van der Waals surface area contributed by atoms with E-state index in [9.17, 15) is 33.6 Å². The third kappa shape index (κ3) is 39.6. The molecule has 17 heteroatoms. The normalized spacial score (nSPS) is 10.0. The SMILES string of the molecule is CC(O)C(=O)O.CCCC(O)O.O=C(O)/C=C\C(=O)O.O=C(O)CCCCC(=O)O.O=C(O)c1ccc(C(=O)O)cc1. The lowest BCUT2D eigenvalue weighted by molar-refractivity contribution is -0.145. The molecule has 0 bridgehead atoms. The van der Waals surface area contributed by atoms with Crippen LogP contribution in [0.1, 0.15) is 73.1 Å². The average molecular weight is 609 g/mol. The summed E-state index contributed by atoms with van der Waals surface area (Å²) in [4.78, 5) is 69.0. The molecule has 10 N–H and O–H groups in total. The lowest BCUT2D eigenvalue weighted by atomic mass is 10.1. The van der Waals surface area contributed by atoms with Crippen LogP contribution in [0.3, 0.4) is 0 Å². The minimum atomic E-state index is -1.26. The Morgan fingerprint density at radius 2 is 0.929 bits per heavy atom. The topological polar surface area (TPSA) is 322 Å². The van der Waals surface area contributed by atoms with Crippen LogP contribution in [0.15, 0.2) is 36.4 Å². The van der Waals surface area contributed by atoms with Gasteiger partial charge in [0.1, 0.15) is 6.10 Å². The Hall–Kier alpha value is -4.87. The van der Waals surface area contributed by atoms with Crippen molar-refractivity contribution in [2.45, 2.75) is 64.8 Å². The van der Waals surface area contributed by atoms with E-state index in [0.29, 0.717) is 31.4 Å². The van der Waals surface area contributed by atoms with Crippen LogP contribution in [0.5, 0.6) is 0 Å². The number of hydrogen-bond acceptors (Lipinski definition) is 10. The first-order valence-corrected chi connectivity index (χ1v) is 11.7. The van der Waals surface area contributed by atoms with Crippen molar-refractivity contribution in [2.24, 2.45) is 0 Å². The molecule has 0 saturated heterocycles. The fourth-order valence-electron chi connectivity index (χ4n) is 1.71. The Kier molecular flexibility index (Phi) is 29.1. The molecule has 42 heavy (non-hydrogen) atoms. The van der Waals surface area contributed by atoms with E-state index in [4.69, 9.17) is 51.1 Å². The summed E-state index contributed by atoms with van der Waals surface area (Å²) in [5.74, 6) is -7.57. The van der Waals surface area contributed by atoms with Gasteiger partial charge in [0.05, 0.1) is 11.1 Å². The highest BCUT2D eigenvalue weighted by molar-refractivity contribution is 5.91. The Morgan fingerprint density at radius 1 is 0.643 bits per heavy atom. The smallest absolute Gasteiger partial charge is 0.335 e. The molecule has 0 saturated carbocycles. The van der Waals surface area contributed by atoms with Crippen LogP contribution in [0.4, 0.5) is 0 Å². The van der Waals surface area contributed by atoms with Gasteiger partial charge in [-0.15, -0.1) is 0 Å². The predicted molar refractivity (Wildman–Crippen MR) is 141 cm³/mol. The predicted octanol–water partition coefficient (Wildman–Crippen LogP) is 1.06. The molecule has 1 aromatic carbocycles. The number of carboxylic acid groups (broad SMARTS) is 7.